The lowest BCUT2D eigenvalue weighted by Crippen LogP contribution is -2.32. The molecule has 1 aliphatic rings. The Balaban J connectivity index is 1.69. The normalized spacial score (nSPS) is 14.8. The minimum Gasteiger partial charge on any atom is -0.358 e. The molecule has 1 aromatic heterocycles. The molecule has 0 amide bonds. The molecule has 2 aromatic carbocycles. The summed E-state index contributed by atoms with van der Waals surface area (Å²) in [6.45, 7) is 4.27. The largest absolute Gasteiger partial charge is 0.358 e. The topological polar surface area (TPSA) is 36.1 Å². The van der Waals surface area contributed by atoms with Gasteiger partial charge in [-0.15, -0.1) is 0 Å². The third-order valence-corrected chi connectivity index (χ3v) is 4.87. The predicted molar refractivity (Wildman–Crippen MR) is 93.5 cm³/mol. The van der Waals surface area contributed by atoms with Gasteiger partial charge in [0, 0.05) is 41.8 Å². The third-order valence-electron chi connectivity index (χ3n) is 4.87. The lowest BCUT2D eigenvalue weighted by atomic mass is 9.99. The van der Waals surface area contributed by atoms with Gasteiger partial charge in [-0.1, -0.05) is 24.3 Å². The van der Waals surface area contributed by atoms with Crippen molar-refractivity contribution in [1.29, 1.82) is 0 Å². The summed E-state index contributed by atoms with van der Waals surface area (Å²) in [5.41, 5.74) is 4.92. The van der Waals surface area contributed by atoms with E-state index in [-0.39, 0.29) is 11.2 Å². The molecule has 4 rings (SSSR count). The average Bonchev–Trinajstić information content (AvgIpc) is 2.59. The third kappa shape index (κ3) is 2.63. The highest BCUT2D eigenvalue weighted by molar-refractivity contribution is 5.79. The van der Waals surface area contributed by atoms with E-state index in [2.05, 4.69) is 34.1 Å². The standard InChI is InChI=1S/C20H19FN2O/c1-13-18(20(24)17-10-16(21)6-7-19(17)22-13)12-23-9-8-14-4-2-3-5-15(14)11-23/h2-7,10H,8-9,11-12H2,1H3,(H,22,24). The Kier molecular flexibility index (Phi) is 3.69. The first-order valence-electron chi connectivity index (χ1n) is 8.22. The highest BCUT2D eigenvalue weighted by Gasteiger charge is 2.19. The number of H-pyrrole nitrogens is 1. The van der Waals surface area contributed by atoms with Crippen molar-refractivity contribution in [2.24, 2.45) is 0 Å². The van der Waals surface area contributed by atoms with E-state index < -0.39 is 0 Å². The Morgan fingerprint density at radius 2 is 1.96 bits per heavy atom. The number of hydrogen-bond acceptors (Lipinski definition) is 2. The Morgan fingerprint density at radius 1 is 1.17 bits per heavy atom. The lowest BCUT2D eigenvalue weighted by Gasteiger charge is -2.29. The second-order valence-electron chi connectivity index (χ2n) is 6.48. The van der Waals surface area contributed by atoms with Crippen LogP contribution in [-0.4, -0.2) is 16.4 Å². The Labute approximate surface area is 139 Å². The van der Waals surface area contributed by atoms with E-state index in [1.165, 1.54) is 23.3 Å². The summed E-state index contributed by atoms with van der Waals surface area (Å²) in [6, 6.07) is 12.8. The van der Waals surface area contributed by atoms with Gasteiger partial charge in [0.2, 0.25) is 0 Å². The van der Waals surface area contributed by atoms with E-state index in [1.807, 2.05) is 6.92 Å². The van der Waals surface area contributed by atoms with E-state index in [0.29, 0.717) is 17.4 Å². The molecular weight excluding hydrogens is 303 g/mol. The molecule has 1 N–H and O–H groups in total. The average molecular weight is 322 g/mol. The Morgan fingerprint density at radius 3 is 2.79 bits per heavy atom. The van der Waals surface area contributed by atoms with Gasteiger partial charge in [0.1, 0.15) is 5.82 Å². The van der Waals surface area contributed by atoms with Crippen LogP contribution in [0.1, 0.15) is 22.4 Å². The first kappa shape index (κ1) is 15.1. The van der Waals surface area contributed by atoms with Crippen LogP contribution < -0.4 is 5.43 Å². The number of pyridine rings is 1. The van der Waals surface area contributed by atoms with Crippen LogP contribution in [0.4, 0.5) is 4.39 Å². The molecule has 1 aliphatic heterocycles. The SMILES string of the molecule is Cc1[nH]c2ccc(F)cc2c(=O)c1CN1CCc2ccccc2C1. The van der Waals surface area contributed by atoms with Crippen molar-refractivity contribution in [2.45, 2.75) is 26.4 Å². The maximum absolute atomic E-state index is 13.5. The fourth-order valence-electron chi connectivity index (χ4n) is 3.53. The molecule has 3 aromatic rings. The van der Waals surface area contributed by atoms with Crippen molar-refractivity contribution >= 4 is 10.9 Å². The van der Waals surface area contributed by atoms with Gasteiger partial charge in [-0.25, -0.2) is 4.39 Å². The zero-order valence-electron chi connectivity index (χ0n) is 13.6. The number of aromatic amines is 1. The number of benzene rings is 2. The smallest absolute Gasteiger partial charge is 0.194 e. The number of aryl methyl sites for hydroxylation is 1. The minimum absolute atomic E-state index is 0.0698. The number of rotatable bonds is 2. The van der Waals surface area contributed by atoms with Crippen LogP contribution in [0.2, 0.25) is 0 Å². The fraction of sp³-hybridized carbons (Fsp3) is 0.250. The van der Waals surface area contributed by atoms with Gasteiger partial charge in [-0.05, 0) is 42.7 Å². The summed E-state index contributed by atoms with van der Waals surface area (Å²) in [4.78, 5) is 18.3. The second-order valence-corrected chi connectivity index (χ2v) is 6.48. The monoisotopic (exact) mass is 322 g/mol. The molecule has 0 bridgehead atoms. The van der Waals surface area contributed by atoms with Crippen LogP contribution in [0.15, 0.2) is 47.3 Å². The van der Waals surface area contributed by atoms with Gasteiger partial charge >= 0.3 is 0 Å². The van der Waals surface area contributed by atoms with Gasteiger partial charge in [0.05, 0.1) is 0 Å². The molecule has 0 spiro atoms. The first-order chi connectivity index (χ1) is 11.6. The predicted octanol–water partition coefficient (Wildman–Crippen LogP) is 3.53. The maximum atomic E-state index is 13.5. The lowest BCUT2D eigenvalue weighted by molar-refractivity contribution is 0.244. The summed E-state index contributed by atoms with van der Waals surface area (Å²) in [6.07, 6.45) is 0.995. The van der Waals surface area contributed by atoms with Crippen molar-refractivity contribution in [2.75, 3.05) is 6.54 Å². The molecule has 0 aliphatic carbocycles. The minimum atomic E-state index is -0.380. The zero-order valence-corrected chi connectivity index (χ0v) is 13.6. The van der Waals surface area contributed by atoms with Crippen LogP contribution in [-0.2, 0) is 19.5 Å². The van der Waals surface area contributed by atoms with Crippen molar-refractivity contribution in [3.63, 3.8) is 0 Å². The maximum Gasteiger partial charge on any atom is 0.194 e. The first-order valence-corrected chi connectivity index (χ1v) is 8.22. The molecule has 0 saturated carbocycles. The van der Waals surface area contributed by atoms with E-state index >= 15 is 0 Å². The highest BCUT2D eigenvalue weighted by Crippen LogP contribution is 2.21. The number of hydrogen-bond donors (Lipinski definition) is 1. The quantitative estimate of drug-likeness (QED) is 0.783. The molecule has 3 nitrogen and oxygen atoms in total. The summed E-state index contributed by atoms with van der Waals surface area (Å²) >= 11 is 0. The summed E-state index contributed by atoms with van der Waals surface area (Å²) in [5, 5.41) is 0.424. The zero-order chi connectivity index (χ0) is 16.7. The van der Waals surface area contributed by atoms with E-state index in [9.17, 15) is 9.18 Å². The molecule has 24 heavy (non-hydrogen) atoms. The number of fused-ring (bicyclic) bond motifs is 2. The summed E-state index contributed by atoms with van der Waals surface area (Å²) < 4.78 is 13.5. The molecular formula is C20H19FN2O. The van der Waals surface area contributed by atoms with E-state index in [1.54, 1.807) is 6.07 Å². The number of nitrogens with one attached hydrogen (secondary N) is 1. The van der Waals surface area contributed by atoms with Gasteiger partial charge in [0.15, 0.2) is 5.43 Å². The summed E-state index contributed by atoms with van der Waals surface area (Å²) in [7, 11) is 0. The molecule has 122 valence electrons. The van der Waals surface area contributed by atoms with Crippen LogP contribution in [0.3, 0.4) is 0 Å². The van der Waals surface area contributed by atoms with Crippen molar-refractivity contribution in [3.05, 3.63) is 80.9 Å². The van der Waals surface area contributed by atoms with E-state index in [4.69, 9.17) is 0 Å². The van der Waals surface area contributed by atoms with Crippen molar-refractivity contribution < 1.29 is 4.39 Å². The molecule has 0 unspecified atom stereocenters. The van der Waals surface area contributed by atoms with E-state index in [0.717, 1.165) is 30.8 Å². The highest BCUT2D eigenvalue weighted by atomic mass is 19.1. The van der Waals surface area contributed by atoms with Gasteiger partial charge < -0.3 is 4.98 Å². The number of nitrogens with zero attached hydrogens (tertiary/aromatic N) is 1. The molecule has 2 heterocycles. The van der Waals surface area contributed by atoms with Gasteiger partial charge in [-0.2, -0.15) is 0 Å². The Hall–Kier alpha value is -2.46. The van der Waals surface area contributed by atoms with Gasteiger partial charge in [-0.3, -0.25) is 9.69 Å². The Bertz CT molecular complexity index is 977. The summed E-state index contributed by atoms with van der Waals surface area (Å²) in [5.74, 6) is -0.380. The fourth-order valence-corrected chi connectivity index (χ4v) is 3.53. The molecule has 0 atom stereocenters. The molecule has 0 saturated heterocycles. The van der Waals surface area contributed by atoms with Crippen LogP contribution >= 0.6 is 0 Å². The van der Waals surface area contributed by atoms with Crippen molar-refractivity contribution in [3.8, 4) is 0 Å². The number of halogens is 1. The molecule has 0 radical (unpaired) electrons. The second kappa shape index (κ2) is 5.87. The number of aromatic nitrogens is 1. The van der Waals surface area contributed by atoms with Crippen LogP contribution in [0.25, 0.3) is 10.9 Å². The molecule has 0 fully saturated rings. The van der Waals surface area contributed by atoms with Crippen LogP contribution in [0.5, 0.6) is 0 Å². The van der Waals surface area contributed by atoms with Gasteiger partial charge in [0.25, 0.3) is 0 Å². The van der Waals surface area contributed by atoms with Crippen molar-refractivity contribution in [1.82, 2.24) is 9.88 Å². The van der Waals surface area contributed by atoms with Crippen LogP contribution in [0, 0.1) is 12.7 Å². The molecule has 4 heteroatoms.